The number of carbonyl (C=O) groups is 1. The monoisotopic (exact) mass is 428 g/mol. The molecule has 1 aromatic heterocycles. The number of thioether (sulfide) groups is 1. The highest BCUT2D eigenvalue weighted by atomic mass is 35.5. The summed E-state index contributed by atoms with van der Waals surface area (Å²) in [4.78, 5) is 21.1. The molecule has 2 aliphatic heterocycles. The topological polar surface area (TPSA) is 48.5 Å². The molecular weight excluding hydrogens is 403 g/mol. The Bertz CT molecular complexity index is 484. The average Bonchev–Trinajstić information content (AvgIpc) is 2.57. The van der Waals surface area contributed by atoms with Gasteiger partial charge in [-0.3, -0.25) is 14.7 Å². The Morgan fingerprint density at radius 1 is 1.20 bits per heavy atom. The number of hydrogen-bond acceptors (Lipinski definition) is 5. The van der Waals surface area contributed by atoms with Gasteiger partial charge in [0.2, 0.25) is 5.91 Å². The highest BCUT2D eigenvalue weighted by Gasteiger charge is 2.24. The largest absolute Gasteiger partial charge is 0.340 e. The summed E-state index contributed by atoms with van der Waals surface area (Å²) in [5.41, 5.74) is 1.10. The number of amides is 1. The second-order valence-electron chi connectivity index (χ2n) is 5.91. The van der Waals surface area contributed by atoms with Gasteiger partial charge in [0, 0.05) is 69.4 Å². The fraction of sp³-hybridized carbons (Fsp3) is 0.625. The first-order chi connectivity index (χ1) is 10.8. The van der Waals surface area contributed by atoms with Crippen LogP contribution in [-0.2, 0) is 11.3 Å². The zero-order valence-corrected chi connectivity index (χ0v) is 17.4. The quantitative estimate of drug-likeness (QED) is 0.794. The van der Waals surface area contributed by atoms with Gasteiger partial charge in [0.1, 0.15) is 0 Å². The number of nitrogens with one attached hydrogen (secondary N) is 1. The molecule has 0 bridgehead atoms. The first-order valence-electron chi connectivity index (χ1n) is 8.02. The van der Waals surface area contributed by atoms with E-state index in [1.807, 2.05) is 35.0 Å². The maximum atomic E-state index is 12.4. The fourth-order valence-electron chi connectivity index (χ4n) is 2.97. The highest BCUT2D eigenvalue weighted by molar-refractivity contribution is 7.99. The Hall–Kier alpha value is -0.240. The van der Waals surface area contributed by atoms with Gasteiger partial charge < -0.3 is 10.2 Å². The van der Waals surface area contributed by atoms with E-state index >= 15 is 0 Å². The maximum Gasteiger partial charge on any atom is 0.224 e. The molecule has 2 fully saturated rings. The molecule has 3 heterocycles. The zero-order valence-electron chi connectivity index (χ0n) is 14.1. The molecule has 1 unspecified atom stereocenters. The smallest absolute Gasteiger partial charge is 0.224 e. The predicted molar refractivity (Wildman–Crippen MR) is 112 cm³/mol. The Labute approximate surface area is 172 Å². The lowest BCUT2D eigenvalue weighted by Crippen LogP contribution is -2.50. The molecular formula is C16H27Cl3N4OS. The molecule has 25 heavy (non-hydrogen) atoms. The van der Waals surface area contributed by atoms with Crippen molar-refractivity contribution in [3.8, 4) is 0 Å². The fourth-order valence-corrected chi connectivity index (χ4v) is 3.92. The molecule has 0 spiro atoms. The van der Waals surface area contributed by atoms with Crippen molar-refractivity contribution in [2.45, 2.75) is 19.0 Å². The summed E-state index contributed by atoms with van der Waals surface area (Å²) in [5, 5.41) is 3.44. The van der Waals surface area contributed by atoms with Crippen LogP contribution in [0.15, 0.2) is 24.4 Å². The standard InChI is InChI=1S/C16H24N4OS.3ClH/c21-16(11-15-13-22-10-5-18-15)20-8-6-19(7-9-20)12-14-3-1-2-4-17-14;;;/h1-4,15,18H,5-13H2;3*1H. The molecule has 5 nitrogen and oxygen atoms in total. The van der Waals surface area contributed by atoms with Gasteiger partial charge in [-0.05, 0) is 12.1 Å². The van der Waals surface area contributed by atoms with Gasteiger partial charge in [-0.1, -0.05) is 6.07 Å². The van der Waals surface area contributed by atoms with Crippen LogP contribution in [0.25, 0.3) is 0 Å². The number of rotatable bonds is 4. The third-order valence-electron chi connectivity index (χ3n) is 4.26. The molecule has 1 atom stereocenters. The number of halogens is 3. The van der Waals surface area contributed by atoms with Crippen molar-refractivity contribution < 1.29 is 4.79 Å². The van der Waals surface area contributed by atoms with E-state index in [2.05, 4.69) is 21.3 Å². The first kappa shape index (κ1) is 24.8. The minimum absolute atomic E-state index is 0. The number of aromatic nitrogens is 1. The van der Waals surface area contributed by atoms with Crippen molar-refractivity contribution in [3.63, 3.8) is 0 Å². The van der Waals surface area contributed by atoms with Crippen LogP contribution in [-0.4, -0.2) is 71.0 Å². The summed E-state index contributed by atoms with van der Waals surface area (Å²) in [5.74, 6) is 2.53. The van der Waals surface area contributed by atoms with Crippen LogP contribution in [0, 0.1) is 0 Å². The number of hydrogen-bond donors (Lipinski definition) is 1. The molecule has 2 aliphatic rings. The van der Waals surface area contributed by atoms with Gasteiger partial charge in [-0.15, -0.1) is 37.2 Å². The van der Waals surface area contributed by atoms with E-state index < -0.39 is 0 Å². The predicted octanol–water partition coefficient (Wildman–Crippen LogP) is 2.09. The summed E-state index contributed by atoms with van der Waals surface area (Å²) in [6.45, 7) is 5.46. The maximum absolute atomic E-state index is 12.4. The Morgan fingerprint density at radius 2 is 1.96 bits per heavy atom. The van der Waals surface area contributed by atoms with E-state index in [0.29, 0.717) is 18.4 Å². The first-order valence-corrected chi connectivity index (χ1v) is 9.18. The summed E-state index contributed by atoms with van der Waals surface area (Å²) in [6, 6.07) is 6.39. The van der Waals surface area contributed by atoms with Crippen molar-refractivity contribution >= 4 is 54.9 Å². The van der Waals surface area contributed by atoms with Gasteiger partial charge in [0.05, 0.1) is 5.69 Å². The SMILES string of the molecule is Cl.Cl.Cl.O=C(CC1CSCCN1)N1CCN(Cc2ccccn2)CC1. The van der Waals surface area contributed by atoms with Crippen molar-refractivity contribution in [1.82, 2.24) is 20.1 Å². The lowest BCUT2D eigenvalue weighted by Gasteiger charge is -2.35. The molecule has 0 saturated carbocycles. The molecule has 1 N–H and O–H groups in total. The molecule has 3 rings (SSSR count). The molecule has 1 amide bonds. The van der Waals surface area contributed by atoms with E-state index in [-0.39, 0.29) is 37.2 Å². The third kappa shape index (κ3) is 7.89. The summed E-state index contributed by atoms with van der Waals surface area (Å²) in [6.07, 6.45) is 2.48. The van der Waals surface area contributed by atoms with Gasteiger partial charge >= 0.3 is 0 Å². The van der Waals surface area contributed by atoms with Crippen LogP contribution in [0.3, 0.4) is 0 Å². The number of piperazine rings is 1. The normalized spacial score (nSPS) is 20.6. The second kappa shape index (κ2) is 13.0. The summed E-state index contributed by atoms with van der Waals surface area (Å²) < 4.78 is 0. The highest BCUT2D eigenvalue weighted by Crippen LogP contribution is 2.13. The average molecular weight is 430 g/mol. The Morgan fingerprint density at radius 3 is 2.56 bits per heavy atom. The minimum atomic E-state index is 0. The lowest BCUT2D eigenvalue weighted by atomic mass is 10.2. The van der Waals surface area contributed by atoms with E-state index in [1.165, 1.54) is 0 Å². The number of pyridine rings is 1. The molecule has 0 aromatic carbocycles. The Balaban J connectivity index is 0.00000192. The van der Waals surface area contributed by atoms with Gasteiger partial charge in [-0.2, -0.15) is 11.8 Å². The van der Waals surface area contributed by atoms with Crippen LogP contribution in [0.1, 0.15) is 12.1 Å². The molecule has 0 radical (unpaired) electrons. The molecule has 1 aromatic rings. The number of nitrogens with zero attached hydrogens (tertiary/aromatic N) is 3. The van der Waals surface area contributed by atoms with E-state index in [1.54, 1.807) is 0 Å². The van der Waals surface area contributed by atoms with Crippen LogP contribution >= 0.6 is 49.0 Å². The summed E-state index contributed by atoms with van der Waals surface area (Å²) >= 11 is 1.94. The molecule has 2 saturated heterocycles. The minimum Gasteiger partial charge on any atom is -0.340 e. The lowest BCUT2D eigenvalue weighted by molar-refractivity contribution is -0.133. The van der Waals surface area contributed by atoms with Crippen LogP contribution in [0.4, 0.5) is 0 Å². The van der Waals surface area contributed by atoms with Crippen LogP contribution in [0.5, 0.6) is 0 Å². The van der Waals surface area contributed by atoms with Crippen LogP contribution < -0.4 is 5.32 Å². The number of carbonyl (C=O) groups excluding carboxylic acids is 1. The van der Waals surface area contributed by atoms with E-state index in [0.717, 1.165) is 56.5 Å². The van der Waals surface area contributed by atoms with Crippen LogP contribution in [0.2, 0.25) is 0 Å². The van der Waals surface area contributed by atoms with Gasteiger partial charge in [0.25, 0.3) is 0 Å². The van der Waals surface area contributed by atoms with Crippen molar-refractivity contribution in [1.29, 1.82) is 0 Å². The summed E-state index contributed by atoms with van der Waals surface area (Å²) in [7, 11) is 0. The third-order valence-corrected chi connectivity index (χ3v) is 5.39. The Kier molecular flexibility index (Phi) is 12.9. The van der Waals surface area contributed by atoms with Crippen molar-refractivity contribution in [2.75, 3.05) is 44.2 Å². The second-order valence-corrected chi connectivity index (χ2v) is 7.06. The van der Waals surface area contributed by atoms with Gasteiger partial charge in [0.15, 0.2) is 0 Å². The van der Waals surface area contributed by atoms with E-state index in [4.69, 9.17) is 0 Å². The van der Waals surface area contributed by atoms with Gasteiger partial charge in [-0.25, -0.2) is 0 Å². The zero-order chi connectivity index (χ0) is 15.2. The van der Waals surface area contributed by atoms with E-state index in [9.17, 15) is 4.79 Å². The molecule has 9 heteroatoms. The van der Waals surface area contributed by atoms with Crippen molar-refractivity contribution in [2.24, 2.45) is 0 Å². The molecule has 0 aliphatic carbocycles. The van der Waals surface area contributed by atoms with Crippen molar-refractivity contribution in [3.05, 3.63) is 30.1 Å². The molecule has 144 valence electrons.